The van der Waals surface area contributed by atoms with Crippen LogP contribution in [0, 0.1) is 0 Å². The van der Waals surface area contributed by atoms with E-state index in [0.717, 1.165) is 4.57 Å². The van der Waals surface area contributed by atoms with E-state index in [-0.39, 0.29) is 16.6 Å². The van der Waals surface area contributed by atoms with Crippen LogP contribution in [0.4, 0.5) is 0 Å². The van der Waals surface area contributed by atoms with Crippen LogP contribution >= 0.6 is 0 Å². The molecule has 0 saturated carbocycles. The van der Waals surface area contributed by atoms with Crippen molar-refractivity contribution in [3.05, 3.63) is 44.5 Å². The predicted octanol–water partition coefficient (Wildman–Crippen LogP) is -0.392. The molecule has 110 valence electrons. The Morgan fingerprint density at radius 2 is 1.90 bits per heavy atom. The number of carbonyl (C=O) groups is 2. The second-order valence-electron chi connectivity index (χ2n) is 5.02. The number of carbonyl (C=O) groups excluding carboxylic acids is 1. The average Bonchev–Trinajstić information content (AvgIpc) is 2.38. The number of aromatic amines is 1. The van der Waals surface area contributed by atoms with Crippen LogP contribution in [0.1, 0.15) is 24.2 Å². The molecule has 1 amide bonds. The van der Waals surface area contributed by atoms with Crippen molar-refractivity contribution in [3.8, 4) is 0 Å². The van der Waals surface area contributed by atoms with Crippen LogP contribution in [0.25, 0.3) is 11.0 Å². The summed E-state index contributed by atoms with van der Waals surface area (Å²) in [5, 5.41) is 9.14. The average molecular weight is 291 g/mol. The van der Waals surface area contributed by atoms with Gasteiger partial charge >= 0.3 is 17.1 Å². The van der Waals surface area contributed by atoms with E-state index in [0.29, 0.717) is 0 Å². The molecule has 8 nitrogen and oxygen atoms in total. The Kier molecular flexibility index (Phi) is 3.17. The van der Waals surface area contributed by atoms with Crippen LogP contribution in [-0.2, 0) is 10.3 Å². The molecule has 0 aliphatic rings. The number of nitrogens with two attached hydrogens (primary N) is 1. The Hall–Kier alpha value is -2.90. The van der Waals surface area contributed by atoms with Gasteiger partial charge in [-0.25, -0.2) is 4.79 Å². The highest BCUT2D eigenvalue weighted by atomic mass is 16.4. The molecule has 0 radical (unpaired) electrons. The van der Waals surface area contributed by atoms with Crippen LogP contribution in [0.15, 0.2) is 27.8 Å². The molecular weight excluding hydrogens is 278 g/mol. The summed E-state index contributed by atoms with van der Waals surface area (Å²) in [5.41, 5.74) is 1.69. The van der Waals surface area contributed by atoms with E-state index in [1.807, 2.05) is 0 Å². The zero-order valence-corrected chi connectivity index (χ0v) is 11.3. The van der Waals surface area contributed by atoms with E-state index in [2.05, 4.69) is 4.98 Å². The van der Waals surface area contributed by atoms with Crippen molar-refractivity contribution in [1.82, 2.24) is 9.55 Å². The zero-order chi connectivity index (χ0) is 15.9. The molecule has 0 aliphatic heterocycles. The number of aromatic nitrogens is 2. The lowest BCUT2D eigenvalue weighted by molar-refractivity contribution is -0.125. The lowest BCUT2D eigenvalue weighted by Crippen LogP contribution is -2.51. The number of aromatic carboxylic acids is 1. The maximum atomic E-state index is 12.1. The van der Waals surface area contributed by atoms with Crippen LogP contribution < -0.4 is 16.9 Å². The van der Waals surface area contributed by atoms with Gasteiger partial charge in [0.25, 0.3) is 0 Å². The first-order chi connectivity index (χ1) is 9.67. The van der Waals surface area contributed by atoms with Crippen molar-refractivity contribution in [2.75, 3.05) is 0 Å². The number of fused-ring (bicyclic) bond motifs is 1. The van der Waals surface area contributed by atoms with E-state index in [1.165, 1.54) is 32.0 Å². The van der Waals surface area contributed by atoms with Gasteiger partial charge in [0.2, 0.25) is 5.91 Å². The van der Waals surface area contributed by atoms with Gasteiger partial charge in [-0.1, -0.05) is 6.07 Å². The Labute approximate surface area is 117 Å². The molecule has 4 N–H and O–H groups in total. The molecule has 0 unspecified atom stereocenters. The van der Waals surface area contributed by atoms with E-state index < -0.39 is 28.5 Å². The van der Waals surface area contributed by atoms with Crippen LogP contribution in [0.5, 0.6) is 0 Å². The molecule has 0 fully saturated rings. The van der Waals surface area contributed by atoms with E-state index in [1.54, 1.807) is 0 Å². The second-order valence-corrected chi connectivity index (χ2v) is 5.02. The number of H-pyrrole nitrogens is 1. The Bertz CT molecular complexity index is 875. The lowest BCUT2D eigenvalue weighted by Gasteiger charge is -2.25. The van der Waals surface area contributed by atoms with Crippen molar-refractivity contribution in [2.45, 2.75) is 19.4 Å². The molecule has 1 aromatic carbocycles. The zero-order valence-electron chi connectivity index (χ0n) is 11.3. The molecule has 0 saturated heterocycles. The van der Waals surface area contributed by atoms with Gasteiger partial charge in [0.1, 0.15) is 5.54 Å². The molecule has 0 aliphatic carbocycles. The fourth-order valence-electron chi connectivity index (χ4n) is 2.08. The number of nitrogens with one attached hydrogen (secondary N) is 1. The number of nitrogens with zero attached hydrogens (tertiary/aromatic N) is 1. The molecular formula is C13H13N3O5. The summed E-state index contributed by atoms with van der Waals surface area (Å²) in [6.45, 7) is 2.76. The fourth-order valence-corrected chi connectivity index (χ4v) is 2.08. The smallest absolute Gasteiger partial charge is 0.337 e. The maximum Gasteiger partial charge on any atom is 0.337 e. The Morgan fingerprint density at radius 3 is 2.43 bits per heavy atom. The van der Waals surface area contributed by atoms with Gasteiger partial charge in [0, 0.05) is 0 Å². The van der Waals surface area contributed by atoms with E-state index in [9.17, 15) is 19.2 Å². The van der Waals surface area contributed by atoms with Crippen molar-refractivity contribution in [1.29, 1.82) is 0 Å². The van der Waals surface area contributed by atoms with Crippen molar-refractivity contribution in [2.24, 2.45) is 5.73 Å². The summed E-state index contributed by atoms with van der Waals surface area (Å²) in [5.74, 6) is -2.09. The molecule has 0 spiro atoms. The minimum Gasteiger partial charge on any atom is -0.478 e. The highest BCUT2D eigenvalue weighted by Crippen LogP contribution is 2.20. The largest absolute Gasteiger partial charge is 0.478 e. The van der Waals surface area contributed by atoms with Crippen LogP contribution in [0.2, 0.25) is 0 Å². The predicted molar refractivity (Wildman–Crippen MR) is 74.3 cm³/mol. The van der Waals surface area contributed by atoms with E-state index >= 15 is 0 Å². The first kappa shape index (κ1) is 14.5. The number of benzene rings is 1. The SMILES string of the molecule is CC(C)(C(N)=O)n1c(=O)c(=O)[nH]c2c(C(=O)O)cccc21. The normalized spacial score (nSPS) is 11.5. The van der Waals surface area contributed by atoms with Gasteiger partial charge in [-0.15, -0.1) is 0 Å². The van der Waals surface area contributed by atoms with Gasteiger partial charge < -0.3 is 15.8 Å². The third-order valence-electron chi connectivity index (χ3n) is 3.31. The maximum absolute atomic E-state index is 12.1. The monoisotopic (exact) mass is 291 g/mol. The van der Waals surface area contributed by atoms with Gasteiger partial charge in [0.15, 0.2) is 0 Å². The van der Waals surface area contributed by atoms with Gasteiger partial charge in [-0.05, 0) is 26.0 Å². The molecule has 21 heavy (non-hydrogen) atoms. The molecule has 0 atom stereocenters. The number of para-hydroxylation sites is 1. The number of hydrogen-bond donors (Lipinski definition) is 3. The number of rotatable bonds is 3. The van der Waals surface area contributed by atoms with Crippen molar-refractivity contribution in [3.63, 3.8) is 0 Å². The number of carboxylic acids is 1. The van der Waals surface area contributed by atoms with Crippen LogP contribution in [-0.4, -0.2) is 26.5 Å². The quantitative estimate of drug-likeness (QED) is 0.662. The number of amides is 1. The highest BCUT2D eigenvalue weighted by Gasteiger charge is 2.31. The number of primary amides is 1. The van der Waals surface area contributed by atoms with Gasteiger partial charge in [0.05, 0.1) is 16.6 Å². The Morgan fingerprint density at radius 1 is 1.29 bits per heavy atom. The topological polar surface area (TPSA) is 135 Å². The first-order valence-electron chi connectivity index (χ1n) is 5.99. The summed E-state index contributed by atoms with van der Waals surface area (Å²) in [6.07, 6.45) is 0. The molecule has 1 aromatic heterocycles. The molecule has 2 rings (SSSR count). The number of carboxylic acid groups (broad SMARTS) is 1. The van der Waals surface area contributed by atoms with Gasteiger partial charge in [-0.2, -0.15) is 0 Å². The van der Waals surface area contributed by atoms with E-state index in [4.69, 9.17) is 10.8 Å². The minimum absolute atomic E-state index is 0.0380. The standard InChI is InChI=1S/C13H13N3O5/c1-13(2,12(14)21)16-7-5-3-4-6(11(19)20)8(7)15-9(17)10(16)18/h3-5H,1-2H3,(H2,14,21)(H,15,17)(H,19,20). The van der Waals surface area contributed by atoms with Crippen molar-refractivity contribution >= 4 is 22.9 Å². The first-order valence-corrected chi connectivity index (χ1v) is 5.99. The molecule has 8 heteroatoms. The summed E-state index contributed by atoms with van der Waals surface area (Å²) < 4.78 is 0.913. The minimum atomic E-state index is -1.49. The fraction of sp³-hybridized carbons (Fsp3) is 0.231. The summed E-state index contributed by atoms with van der Waals surface area (Å²) in [7, 11) is 0. The lowest BCUT2D eigenvalue weighted by atomic mass is 10.0. The summed E-state index contributed by atoms with van der Waals surface area (Å²) in [6, 6.07) is 4.13. The molecule has 1 heterocycles. The molecule has 2 aromatic rings. The highest BCUT2D eigenvalue weighted by molar-refractivity contribution is 6.01. The summed E-state index contributed by atoms with van der Waals surface area (Å²) >= 11 is 0. The third-order valence-corrected chi connectivity index (χ3v) is 3.31. The second kappa shape index (κ2) is 4.58. The molecule has 0 bridgehead atoms. The third kappa shape index (κ3) is 2.10. The Balaban J connectivity index is 3.08. The van der Waals surface area contributed by atoms with Crippen molar-refractivity contribution < 1.29 is 14.7 Å². The van der Waals surface area contributed by atoms with Gasteiger partial charge in [-0.3, -0.25) is 19.0 Å². The van der Waals surface area contributed by atoms with Crippen LogP contribution in [0.3, 0.4) is 0 Å². The number of hydrogen-bond acceptors (Lipinski definition) is 4. The summed E-state index contributed by atoms with van der Waals surface area (Å²) in [4.78, 5) is 48.9.